The standard InChI is InChI=1S/C24H48O6/c1-4-7-10-13-16-27-19-20-21(25)22(28-17-14-11-8-5-2)23(24(26)30-20)29-18-15-12-9-6-3/h20-26H,4-19H2,1-3H3/t20-,21-,22+,23-,24-/m1/s1. The molecule has 1 fully saturated rings. The molecule has 1 heterocycles. The van der Waals surface area contributed by atoms with Gasteiger partial charge in [-0.3, -0.25) is 0 Å². The van der Waals surface area contributed by atoms with Gasteiger partial charge in [-0.25, -0.2) is 0 Å². The molecule has 1 aliphatic heterocycles. The third-order valence-corrected chi connectivity index (χ3v) is 5.68. The molecule has 0 saturated carbocycles. The SMILES string of the molecule is CCCCCCOC[C@H]1O[C@@H](O)[C@H](OCCCCCC)[C@@H](OCCCCCC)[C@@H]1O. The molecule has 2 N–H and O–H groups in total. The molecule has 180 valence electrons. The van der Waals surface area contributed by atoms with Crippen molar-refractivity contribution in [3.63, 3.8) is 0 Å². The molecule has 0 aliphatic carbocycles. The first-order valence-corrected chi connectivity index (χ1v) is 12.5. The first-order chi connectivity index (χ1) is 14.7. The van der Waals surface area contributed by atoms with E-state index < -0.39 is 30.7 Å². The fourth-order valence-corrected chi connectivity index (χ4v) is 3.74. The van der Waals surface area contributed by atoms with Gasteiger partial charge in [-0.1, -0.05) is 78.6 Å². The van der Waals surface area contributed by atoms with Gasteiger partial charge >= 0.3 is 0 Å². The summed E-state index contributed by atoms with van der Waals surface area (Å²) in [7, 11) is 0. The summed E-state index contributed by atoms with van der Waals surface area (Å²) >= 11 is 0. The molecule has 0 aromatic heterocycles. The number of unbranched alkanes of at least 4 members (excludes halogenated alkanes) is 9. The number of aliphatic hydroxyl groups is 2. The summed E-state index contributed by atoms with van der Waals surface area (Å²) in [6.07, 6.45) is 9.41. The second kappa shape index (κ2) is 18.3. The average molecular weight is 433 g/mol. The van der Waals surface area contributed by atoms with Crippen LogP contribution in [0.2, 0.25) is 0 Å². The van der Waals surface area contributed by atoms with Crippen LogP contribution in [0.1, 0.15) is 97.8 Å². The van der Waals surface area contributed by atoms with Gasteiger partial charge in [0.05, 0.1) is 6.61 Å². The van der Waals surface area contributed by atoms with Crippen molar-refractivity contribution in [2.45, 2.75) is 129 Å². The van der Waals surface area contributed by atoms with E-state index in [0.717, 1.165) is 44.9 Å². The highest BCUT2D eigenvalue weighted by Gasteiger charge is 2.46. The summed E-state index contributed by atoms with van der Waals surface area (Å²) < 4.78 is 23.3. The van der Waals surface area contributed by atoms with Gasteiger partial charge in [0.2, 0.25) is 0 Å². The van der Waals surface area contributed by atoms with E-state index in [4.69, 9.17) is 18.9 Å². The van der Waals surface area contributed by atoms with E-state index in [1.165, 1.54) is 32.1 Å². The topological polar surface area (TPSA) is 77.4 Å². The van der Waals surface area contributed by atoms with Crippen LogP contribution in [0, 0.1) is 0 Å². The first-order valence-electron chi connectivity index (χ1n) is 12.5. The molecule has 0 unspecified atom stereocenters. The van der Waals surface area contributed by atoms with Crippen LogP contribution in [0.15, 0.2) is 0 Å². The van der Waals surface area contributed by atoms with Crippen molar-refractivity contribution in [1.29, 1.82) is 0 Å². The van der Waals surface area contributed by atoms with Crippen LogP contribution in [0.5, 0.6) is 0 Å². The number of hydrogen-bond donors (Lipinski definition) is 2. The van der Waals surface area contributed by atoms with Crippen molar-refractivity contribution in [3.8, 4) is 0 Å². The summed E-state index contributed by atoms with van der Waals surface area (Å²) in [5, 5.41) is 21.4. The smallest absolute Gasteiger partial charge is 0.184 e. The molecule has 6 heteroatoms. The molecular weight excluding hydrogens is 384 g/mol. The van der Waals surface area contributed by atoms with Crippen molar-refractivity contribution in [3.05, 3.63) is 0 Å². The zero-order valence-electron chi connectivity index (χ0n) is 19.7. The summed E-state index contributed by atoms with van der Waals surface area (Å²) in [6.45, 7) is 8.50. The summed E-state index contributed by atoms with van der Waals surface area (Å²) in [4.78, 5) is 0. The third-order valence-electron chi connectivity index (χ3n) is 5.68. The van der Waals surface area contributed by atoms with E-state index in [2.05, 4.69) is 20.8 Å². The Balaban J connectivity index is 2.53. The summed E-state index contributed by atoms with van der Waals surface area (Å²) in [5.41, 5.74) is 0. The van der Waals surface area contributed by atoms with Gasteiger partial charge in [0.15, 0.2) is 6.29 Å². The number of rotatable bonds is 19. The lowest BCUT2D eigenvalue weighted by Crippen LogP contribution is -2.60. The Morgan fingerprint density at radius 1 is 0.633 bits per heavy atom. The average Bonchev–Trinajstić information content (AvgIpc) is 2.74. The lowest BCUT2D eigenvalue weighted by atomic mass is 9.98. The molecule has 0 aromatic rings. The second-order valence-electron chi connectivity index (χ2n) is 8.48. The molecule has 0 amide bonds. The molecule has 30 heavy (non-hydrogen) atoms. The molecule has 1 aliphatic rings. The van der Waals surface area contributed by atoms with Gasteiger partial charge in [0, 0.05) is 19.8 Å². The van der Waals surface area contributed by atoms with Gasteiger partial charge in [0.25, 0.3) is 0 Å². The number of hydrogen-bond acceptors (Lipinski definition) is 6. The van der Waals surface area contributed by atoms with E-state index in [1.807, 2.05) is 0 Å². The molecule has 0 aromatic carbocycles. The van der Waals surface area contributed by atoms with Crippen molar-refractivity contribution in [1.82, 2.24) is 0 Å². The lowest BCUT2D eigenvalue weighted by Gasteiger charge is -2.42. The minimum atomic E-state index is -1.12. The predicted octanol–water partition coefficient (Wildman–Crippen LogP) is 4.59. The van der Waals surface area contributed by atoms with Gasteiger partial charge < -0.3 is 29.2 Å². The Labute approximate surface area is 184 Å². The third kappa shape index (κ3) is 11.4. The van der Waals surface area contributed by atoms with E-state index in [1.54, 1.807) is 0 Å². The van der Waals surface area contributed by atoms with Gasteiger partial charge in [-0.05, 0) is 19.3 Å². The van der Waals surface area contributed by atoms with Gasteiger partial charge in [-0.15, -0.1) is 0 Å². The number of ether oxygens (including phenoxy) is 4. The Morgan fingerprint density at radius 3 is 1.67 bits per heavy atom. The molecule has 1 saturated heterocycles. The van der Waals surface area contributed by atoms with Crippen LogP contribution in [-0.4, -0.2) is 67.3 Å². The Hall–Kier alpha value is -0.240. The maximum atomic E-state index is 10.9. The Morgan fingerprint density at radius 2 is 1.13 bits per heavy atom. The quantitative estimate of drug-likeness (QED) is 0.291. The van der Waals surface area contributed by atoms with E-state index >= 15 is 0 Å². The zero-order valence-corrected chi connectivity index (χ0v) is 19.7. The monoisotopic (exact) mass is 432 g/mol. The zero-order chi connectivity index (χ0) is 22.0. The van der Waals surface area contributed by atoms with Crippen molar-refractivity contribution in [2.75, 3.05) is 26.4 Å². The van der Waals surface area contributed by atoms with Gasteiger partial charge in [0.1, 0.15) is 24.4 Å². The van der Waals surface area contributed by atoms with Crippen LogP contribution >= 0.6 is 0 Å². The highest BCUT2D eigenvalue weighted by Crippen LogP contribution is 2.26. The minimum Gasteiger partial charge on any atom is -0.387 e. The maximum Gasteiger partial charge on any atom is 0.184 e. The normalized spacial score (nSPS) is 26.9. The molecule has 0 radical (unpaired) electrons. The minimum absolute atomic E-state index is 0.253. The fraction of sp³-hybridized carbons (Fsp3) is 1.00. The fourth-order valence-electron chi connectivity index (χ4n) is 3.74. The number of aliphatic hydroxyl groups excluding tert-OH is 2. The molecule has 0 bridgehead atoms. The molecule has 5 atom stereocenters. The second-order valence-corrected chi connectivity index (χ2v) is 8.48. The lowest BCUT2D eigenvalue weighted by molar-refractivity contribution is -0.305. The van der Waals surface area contributed by atoms with Crippen LogP contribution < -0.4 is 0 Å². The van der Waals surface area contributed by atoms with Crippen LogP contribution in [0.25, 0.3) is 0 Å². The van der Waals surface area contributed by atoms with E-state index in [9.17, 15) is 10.2 Å². The highest BCUT2D eigenvalue weighted by atomic mass is 16.7. The Kier molecular flexibility index (Phi) is 17.0. The molecule has 6 nitrogen and oxygen atoms in total. The first kappa shape index (κ1) is 27.8. The predicted molar refractivity (Wildman–Crippen MR) is 120 cm³/mol. The summed E-state index contributed by atoms with van der Waals surface area (Å²) in [6, 6.07) is 0. The van der Waals surface area contributed by atoms with E-state index in [0.29, 0.717) is 19.8 Å². The molecular formula is C24H48O6. The molecule has 0 spiro atoms. The van der Waals surface area contributed by atoms with Crippen LogP contribution in [-0.2, 0) is 18.9 Å². The maximum absolute atomic E-state index is 10.9. The van der Waals surface area contributed by atoms with E-state index in [-0.39, 0.29) is 6.61 Å². The Bertz CT molecular complexity index is 381. The summed E-state index contributed by atoms with van der Waals surface area (Å²) in [5.74, 6) is 0. The molecule has 1 rings (SSSR count). The van der Waals surface area contributed by atoms with Crippen LogP contribution in [0.3, 0.4) is 0 Å². The van der Waals surface area contributed by atoms with Crippen molar-refractivity contribution >= 4 is 0 Å². The van der Waals surface area contributed by atoms with Crippen molar-refractivity contribution < 1.29 is 29.2 Å². The van der Waals surface area contributed by atoms with Gasteiger partial charge in [-0.2, -0.15) is 0 Å². The largest absolute Gasteiger partial charge is 0.387 e. The highest BCUT2D eigenvalue weighted by molar-refractivity contribution is 4.91. The van der Waals surface area contributed by atoms with Crippen molar-refractivity contribution in [2.24, 2.45) is 0 Å². The van der Waals surface area contributed by atoms with Crippen LogP contribution in [0.4, 0.5) is 0 Å².